The minimum atomic E-state index is -0.528. The molecule has 22 heavy (non-hydrogen) atoms. The van der Waals surface area contributed by atoms with E-state index in [9.17, 15) is 20.0 Å². The third-order valence-electron chi connectivity index (χ3n) is 3.02. The van der Waals surface area contributed by atoms with Crippen molar-refractivity contribution < 1.29 is 14.8 Å². The minimum Gasteiger partial charge on any atom is -0.508 e. The van der Waals surface area contributed by atoms with Gasteiger partial charge in [-0.1, -0.05) is 12.1 Å². The maximum absolute atomic E-state index is 12.1. The molecule has 0 atom stereocenters. The van der Waals surface area contributed by atoms with Crippen molar-refractivity contribution in [3.8, 4) is 5.75 Å². The molecule has 114 valence electrons. The maximum atomic E-state index is 12.1. The van der Waals surface area contributed by atoms with Gasteiger partial charge in [0.25, 0.3) is 11.6 Å². The fourth-order valence-electron chi connectivity index (χ4n) is 1.93. The highest BCUT2D eigenvalue weighted by molar-refractivity contribution is 14.1. The Bertz CT molecular complexity index is 718. The number of phenols is 1. The first-order valence-electron chi connectivity index (χ1n) is 6.47. The topological polar surface area (TPSA) is 92.5 Å². The van der Waals surface area contributed by atoms with Gasteiger partial charge in [0, 0.05) is 22.2 Å². The number of halogens is 1. The van der Waals surface area contributed by atoms with Gasteiger partial charge < -0.3 is 10.4 Å². The lowest BCUT2D eigenvalue weighted by Gasteiger charge is -2.07. The predicted octanol–water partition coefficient (Wildman–Crippen LogP) is 2.88. The van der Waals surface area contributed by atoms with Crippen LogP contribution in [0.15, 0.2) is 42.5 Å². The quantitative estimate of drug-likeness (QED) is 0.449. The van der Waals surface area contributed by atoms with E-state index in [0.717, 1.165) is 5.56 Å². The SMILES string of the molecule is O=C(NCCc1cccc(O)c1)c1cc([N+](=O)[O-])ccc1I. The summed E-state index contributed by atoms with van der Waals surface area (Å²) < 4.78 is 0.651. The zero-order chi connectivity index (χ0) is 16.1. The molecule has 6 nitrogen and oxygen atoms in total. The number of carbonyl (C=O) groups excluding carboxylic acids is 1. The van der Waals surface area contributed by atoms with Crippen molar-refractivity contribution >= 4 is 34.2 Å². The van der Waals surface area contributed by atoms with E-state index >= 15 is 0 Å². The molecule has 2 aromatic rings. The molecular weight excluding hydrogens is 399 g/mol. The van der Waals surface area contributed by atoms with E-state index in [-0.39, 0.29) is 22.9 Å². The number of nitrogens with zero attached hydrogens (tertiary/aromatic N) is 1. The van der Waals surface area contributed by atoms with Crippen LogP contribution in [-0.4, -0.2) is 22.5 Å². The van der Waals surface area contributed by atoms with Gasteiger partial charge in [-0.2, -0.15) is 0 Å². The number of nitro groups is 1. The molecule has 0 aliphatic carbocycles. The zero-order valence-corrected chi connectivity index (χ0v) is 13.6. The Morgan fingerprint density at radius 1 is 1.27 bits per heavy atom. The van der Waals surface area contributed by atoms with E-state index in [0.29, 0.717) is 16.5 Å². The summed E-state index contributed by atoms with van der Waals surface area (Å²) in [6, 6.07) is 11.0. The maximum Gasteiger partial charge on any atom is 0.270 e. The summed E-state index contributed by atoms with van der Waals surface area (Å²) in [6.45, 7) is 0.376. The molecule has 0 radical (unpaired) electrons. The lowest BCUT2D eigenvalue weighted by molar-refractivity contribution is -0.384. The molecule has 0 heterocycles. The van der Waals surface area contributed by atoms with Crippen LogP contribution in [0.4, 0.5) is 5.69 Å². The summed E-state index contributed by atoms with van der Waals surface area (Å²) in [7, 11) is 0. The van der Waals surface area contributed by atoms with Crippen molar-refractivity contribution in [2.24, 2.45) is 0 Å². The Hall–Kier alpha value is -2.16. The second kappa shape index (κ2) is 7.21. The van der Waals surface area contributed by atoms with Crippen molar-refractivity contribution in [3.63, 3.8) is 0 Å². The van der Waals surface area contributed by atoms with Crippen LogP contribution in [-0.2, 0) is 6.42 Å². The van der Waals surface area contributed by atoms with Crippen molar-refractivity contribution in [2.75, 3.05) is 6.54 Å². The summed E-state index contributed by atoms with van der Waals surface area (Å²) >= 11 is 1.97. The van der Waals surface area contributed by atoms with Crippen LogP contribution < -0.4 is 5.32 Å². The standard InChI is InChI=1S/C15H13IN2O4/c16-14-5-4-11(18(21)22)9-13(14)15(20)17-7-6-10-2-1-3-12(19)8-10/h1-5,8-9,19H,6-7H2,(H,17,20). The van der Waals surface area contributed by atoms with Crippen molar-refractivity contribution in [1.82, 2.24) is 5.32 Å². The third-order valence-corrected chi connectivity index (χ3v) is 3.96. The lowest BCUT2D eigenvalue weighted by Crippen LogP contribution is -2.26. The van der Waals surface area contributed by atoms with Crippen LogP contribution in [0.25, 0.3) is 0 Å². The Kier molecular flexibility index (Phi) is 5.31. The molecule has 0 aliphatic heterocycles. The second-order valence-corrected chi connectivity index (χ2v) is 5.76. The van der Waals surface area contributed by atoms with Gasteiger partial charge in [-0.3, -0.25) is 14.9 Å². The number of hydrogen-bond donors (Lipinski definition) is 2. The molecule has 2 N–H and O–H groups in total. The van der Waals surface area contributed by atoms with Gasteiger partial charge in [-0.25, -0.2) is 0 Å². The van der Waals surface area contributed by atoms with Crippen LogP contribution in [0.3, 0.4) is 0 Å². The average molecular weight is 412 g/mol. The number of non-ortho nitro benzene ring substituents is 1. The molecule has 0 saturated heterocycles. The minimum absolute atomic E-state index is 0.112. The highest BCUT2D eigenvalue weighted by Gasteiger charge is 2.15. The van der Waals surface area contributed by atoms with Crippen LogP contribution in [0.5, 0.6) is 5.75 Å². The number of nitro benzene ring substituents is 1. The number of amides is 1. The van der Waals surface area contributed by atoms with Crippen LogP contribution in [0.2, 0.25) is 0 Å². The predicted molar refractivity (Wildman–Crippen MR) is 90.0 cm³/mol. The fraction of sp³-hybridized carbons (Fsp3) is 0.133. The molecule has 2 rings (SSSR count). The molecule has 0 spiro atoms. The smallest absolute Gasteiger partial charge is 0.270 e. The van der Waals surface area contributed by atoms with E-state index in [1.807, 2.05) is 28.7 Å². The molecular formula is C15H13IN2O4. The lowest BCUT2D eigenvalue weighted by atomic mass is 10.1. The van der Waals surface area contributed by atoms with Crippen molar-refractivity contribution in [1.29, 1.82) is 0 Å². The number of aromatic hydroxyl groups is 1. The van der Waals surface area contributed by atoms with Gasteiger partial charge in [-0.15, -0.1) is 0 Å². The van der Waals surface area contributed by atoms with Crippen LogP contribution >= 0.6 is 22.6 Å². The van der Waals surface area contributed by atoms with E-state index in [4.69, 9.17) is 0 Å². The number of hydrogen-bond acceptors (Lipinski definition) is 4. The van der Waals surface area contributed by atoms with Gasteiger partial charge in [0.1, 0.15) is 5.75 Å². The normalized spacial score (nSPS) is 10.2. The Balaban J connectivity index is 2.00. The summed E-state index contributed by atoms with van der Waals surface area (Å²) in [5, 5.41) is 22.9. The first-order valence-corrected chi connectivity index (χ1v) is 7.55. The molecule has 2 aromatic carbocycles. The van der Waals surface area contributed by atoms with Crippen LogP contribution in [0, 0.1) is 13.7 Å². The number of phenolic OH excluding ortho intramolecular Hbond substituents is 1. The molecule has 0 aromatic heterocycles. The zero-order valence-electron chi connectivity index (χ0n) is 11.5. The van der Waals surface area contributed by atoms with Gasteiger partial charge >= 0.3 is 0 Å². The number of carbonyl (C=O) groups is 1. The Morgan fingerprint density at radius 3 is 2.73 bits per heavy atom. The molecule has 0 saturated carbocycles. The van der Waals surface area contributed by atoms with Gasteiger partial charge in [0.05, 0.1) is 10.5 Å². The number of rotatable bonds is 5. The first kappa shape index (κ1) is 16.2. The van der Waals surface area contributed by atoms with Crippen molar-refractivity contribution in [3.05, 3.63) is 67.3 Å². The molecule has 0 unspecified atom stereocenters. The molecule has 7 heteroatoms. The van der Waals surface area contributed by atoms with Gasteiger partial charge in [0.15, 0.2) is 0 Å². The third kappa shape index (κ3) is 4.17. The molecule has 1 amide bonds. The van der Waals surface area contributed by atoms with Gasteiger partial charge in [-0.05, 0) is 52.8 Å². The van der Waals surface area contributed by atoms with Crippen LogP contribution in [0.1, 0.15) is 15.9 Å². The number of benzene rings is 2. The highest BCUT2D eigenvalue weighted by Crippen LogP contribution is 2.19. The largest absolute Gasteiger partial charge is 0.508 e. The summed E-state index contributed by atoms with van der Waals surface area (Å²) in [5.41, 5.74) is 1.07. The number of nitrogens with one attached hydrogen (secondary N) is 1. The first-order chi connectivity index (χ1) is 10.5. The fourth-order valence-corrected chi connectivity index (χ4v) is 2.51. The van der Waals surface area contributed by atoms with Gasteiger partial charge in [0.2, 0.25) is 0 Å². The summed E-state index contributed by atoms with van der Waals surface area (Å²) in [6.07, 6.45) is 0.561. The summed E-state index contributed by atoms with van der Waals surface area (Å²) in [5.74, 6) is -0.176. The van der Waals surface area contributed by atoms with Crippen molar-refractivity contribution in [2.45, 2.75) is 6.42 Å². The molecule has 0 aliphatic rings. The van der Waals surface area contributed by atoms with E-state index in [2.05, 4.69) is 5.32 Å². The van der Waals surface area contributed by atoms with E-state index < -0.39 is 4.92 Å². The molecule has 0 fully saturated rings. The average Bonchev–Trinajstić information content (AvgIpc) is 2.47. The highest BCUT2D eigenvalue weighted by atomic mass is 127. The Morgan fingerprint density at radius 2 is 2.05 bits per heavy atom. The van der Waals surface area contributed by atoms with E-state index in [1.54, 1.807) is 24.3 Å². The Labute approximate surface area is 140 Å². The molecule has 0 bridgehead atoms. The monoisotopic (exact) mass is 412 g/mol. The van der Waals surface area contributed by atoms with E-state index in [1.165, 1.54) is 12.1 Å². The summed E-state index contributed by atoms with van der Waals surface area (Å²) in [4.78, 5) is 22.3. The second-order valence-electron chi connectivity index (χ2n) is 4.60.